The monoisotopic (exact) mass is 561 g/mol. The van der Waals surface area contributed by atoms with Crippen molar-refractivity contribution in [3.63, 3.8) is 0 Å². The van der Waals surface area contributed by atoms with Crippen LogP contribution in [0.25, 0.3) is 11.5 Å². The summed E-state index contributed by atoms with van der Waals surface area (Å²) in [6, 6.07) is 10.4. The summed E-state index contributed by atoms with van der Waals surface area (Å²) in [5.74, 6) is -1.04. The van der Waals surface area contributed by atoms with E-state index >= 15 is 0 Å². The van der Waals surface area contributed by atoms with Crippen LogP contribution in [0.2, 0.25) is 0 Å². The molecule has 39 heavy (non-hydrogen) atoms. The third-order valence-corrected chi connectivity index (χ3v) is 9.05. The standard InChI is InChI=1S/C25H29F2N7O4S/c1-32-7-9-33(10-8-32)20-4-2-3-19(13-20)29-25(35)34-11-12-39(36,37)21(16-34)14-18-6-5-17(15-28-18)23-30-31-24(38-23)22(26)27/h2-6,13,15,21-22H,7-12,14,16H2,1H3,(H,29,35). The van der Waals surface area contributed by atoms with Crippen LogP contribution in [-0.4, -0.2) is 96.7 Å². The largest absolute Gasteiger partial charge is 0.415 e. The number of halogens is 2. The Morgan fingerprint density at radius 1 is 1.13 bits per heavy atom. The normalized spacial score (nSPS) is 19.8. The number of pyridine rings is 1. The first-order chi connectivity index (χ1) is 18.7. The maximum atomic E-state index is 13.1. The average molecular weight is 562 g/mol. The number of piperazine rings is 1. The molecule has 4 heterocycles. The number of rotatable bonds is 6. The van der Waals surface area contributed by atoms with Gasteiger partial charge in [-0.3, -0.25) is 4.98 Å². The third-order valence-electron chi connectivity index (χ3n) is 6.97. The topological polar surface area (TPSA) is 125 Å². The summed E-state index contributed by atoms with van der Waals surface area (Å²) in [6.07, 6.45) is -1.42. The van der Waals surface area contributed by atoms with Crippen molar-refractivity contribution in [2.75, 3.05) is 62.3 Å². The van der Waals surface area contributed by atoms with Gasteiger partial charge < -0.3 is 24.4 Å². The highest BCUT2D eigenvalue weighted by atomic mass is 32.2. The predicted molar refractivity (Wildman–Crippen MR) is 141 cm³/mol. The fourth-order valence-corrected chi connectivity index (χ4v) is 6.26. The zero-order valence-electron chi connectivity index (χ0n) is 21.3. The van der Waals surface area contributed by atoms with Gasteiger partial charge >= 0.3 is 12.5 Å². The van der Waals surface area contributed by atoms with E-state index in [2.05, 4.69) is 37.3 Å². The maximum absolute atomic E-state index is 13.1. The number of urea groups is 1. The van der Waals surface area contributed by atoms with Crippen LogP contribution in [0.5, 0.6) is 0 Å². The second-order valence-electron chi connectivity index (χ2n) is 9.69. The summed E-state index contributed by atoms with van der Waals surface area (Å²) < 4.78 is 56.0. The molecule has 14 heteroatoms. The Labute approximate surface area is 224 Å². The number of amides is 2. The Bertz CT molecular complexity index is 1410. The number of nitrogens with zero attached hydrogens (tertiary/aromatic N) is 6. The molecule has 11 nitrogen and oxygen atoms in total. The number of benzene rings is 1. The number of anilines is 2. The van der Waals surface area contributed by atoms with Crippen LogP contribution < -0.4 is 10.2 Å². The Kier molecular flexibility index (Phi) is 7.75. The van der Waals surface area contributed by atoms with Crippen LogP contribution in [-0.2, 0) is 16.3 Å². The molecule has 1 atom stereocenters. The number of carbonyl (C=O) groups is 1. The second kappa shape index (κ2) is 11.2. The van der Waals surface area contributed by atoms with Crippen molar-refractivity contribution < 1.29 is 26.4 Å². The van der Waals surface area contributed by atoms with Gasteiger partial charge in [0.2, 0.25) is 5.89 Å². The molecule has 3 aromatic rings. The molecule has 2 aliphatic heterocycles. The molecule has 1 N–H and O–H groups in total. The van der Waals surface area contributed by atoms with E-state index in [1.54, 1.807) is 12.1 Å². The van der Waals surface area contributed by atoms with Crippen molar-refractivity contribution >= 4 is 27.2 Å². The van der Waals surface area contributed by atoms with Crippen molar-refractivity contribution in [1.29, 1.82) is 0 Å². The number of alkyl halides is 2. The Balaban J connectivity index is 1.22. The number of aromatic nitrogens is 3. The van der Waals surface area contributed by atoms with E-state index in [0.717, 1.165) is 31.9 Å². The molecule has 0 spiro atoms. The highest BCUT2D eigenvalue weighted by molar-refractivity contribution is 7.92. The van der Waals surface area contributed by atoms with Crippen molar-refractivity contribution in [3.8, 4) is 11.5 Å². The Hall–Kier alpha value is -3.65. The van der Waals surface area contributed by atoms with Crippen LogP contribution in [0.15, 0.2) is 47.0 Å². The lowest BCUT2D eigenvalue weighted by atomic mass is 10.1. The van der Waals surface area contributed by atoms with Gasteiger partial charge in [-0.1, -0.05) is 6.07 Å². The lowest BCUT2D eigenvalue weighted by Gasteiger charge is -2.34. The number of likely N-dealkylation sites (N-methyl/N-ethyl adjacent to an activating group) is 1. The number of nitrogens with one attached hydrogen (secondary N) is 1. The van der Waals surface area contributed by atoms with E-state index in [0.29, 0.717) is 16.9 Å². The molecular weight excluding hydrogens is 532 g/mol. The molecule has 0 aliphatic carbocycles. The number of hydrogen-bond donors (Lipinski definition) is 1. The van der Waals surface area contributed by atoms with Gasteiger partial charge in [0.1, 0.15) is 0 Å². The van der Waals surface area contributed by atoms with Crippen LogP contribution in [0.3, 0.4) is 0 Å². The molecule has 2 aromatic heterocycles. The first-order valence-corrected chi connectivity index (χ1v) is 14.3. The molecule has 1 aromatic carbocycles. The van der Waals surface area contributed by atoms with Crippen LogP contribution in [0, 0.1) is 0 Å². The van der Waals surface area contributed by atoms with Crippen molar-refractivity contribution in [2.45, 2.75) is 18.1 Å². The average Bonchev–Trinajstić information content (AvgIpc) is 3.42. The summed E-state index contributed by atoms with van der Waals surface area (Å²) in [4.78, 5) is 23.4. The summed E-state index contributed by atoms with van der Waals surface area (Å²) in [7, 11) is -1.36. The van der Waals surface area contributed by atoms with E-state index in [1.807, 2.05) is 24.3 Å². The molecule has 2 aliphatic rings. The molecule has 0 radical (unpaired) electrons. The fourth-order valence-electron chi connectivity index (χ4n) is 4.62. The van der Waals surface area contributed by atoms with Gasteiger partial charge in [0.15, 0.2) is 9.84 Å². The van der Waals surface area contributed by atoms with E-state index in [9.17, 15) is 22.0 Å². The molecule has 2 amide bonds. The van der Waals surface area contributed by atoms with E-state index in [1.165, 1.54) is 11.1 Å². The number of carbonyl (C=O) groups excluding carboxylic acids is 1. The molecule has 2 saturated heterocycles. The fraction of sp³-hybridized carbons (Fsp3) is 0.440. The van der Waals surface area contributed by atoms with Gasteiger partial charge in [0.05, 0.1) is 16.6 Å². The van der Waals surface area contributed by atoms with E-state index in [4.69, 9.17) is 4.42 Å². The first-order valence-electron chi connectivity index (χ1n) is 12.6. The number of hydrogen-bond acceptors (Lipinski definition) is 9. The third kappa shape index (κ3) is 6.33. The van der Waals surface area contributed by atoms with Gasteiger partial charge in [0.25, 0.3) is 5.89 Å². The molecule has 1 unspecified atom stereocenters. The van der Waals surface area contributed by atoms with Gasteiger partial charge in [-0.2, -0.15) is 8.78 Å². The van der Waals surface area contributed by atoms with Crippen LogP contribution in [0.1, 0.15) is 18.0 Å². The molecule has 208 valence electrons. The van der Waals surface area contributed by atoms with Gasteiger partial charge in [-0.25, -0.2) is 13.2 Å². The summed E-state index contributed by atoms with van der Waals surface area (Å²) in [5.41, 5.74) is 2.49. The van der Waals surface area contributed by atoms with Crippen LogP contribution in [0.4, 0.5) is 25.0 Å². The van der Waals surface area contributed by atoms with Crippen molar-refractivity contribution in [2.24, 2.45) is 0 Å². The molecule has 5 rings (SSSR count). The summed E-state index contributed by atoms with van der Waals surface area (Å²) >= 11 is 0. The zero-order valence-corrected chi connectivity index (χ0v) is 22.1. The Morgan fingerprint density at radius 3 is 2.62 bits per heavy atom. The van der Waals surface area contributed by atoms with E-state index in [-0.39, 0.29) is 37.2 Å². The van der Waals surface area contributed by atoms with Crippen molar-refractivity contribution in [3.05, 3.63) is 54.2 Å². The molecular formula is C25H29F2N7O4S. The molecule has 0 bridgehead atoms. The molecule has 2 fully saturated rings. The zero-order chi connectivity index (χ0) is 27.6. The second-order valence-corrected chi connectivity index (χ2v) is 12.1. The SMILES string of the molecule is CN1CCN(c2cccc(NC(=O)N3CCS(=O)(=O)C(Cc4ccc(-c5nnc(C(F)F)o5)cn4)C3)c2)CC1. The van der Waals surface area contributed by atoms with Gasteiger partial charge in [-0.15, -0.1) is 10.2 Å². The highest BCUT2D eigenvalue weighted by Gasteiger charge is 2.35. The predicted octanol–water partition coefficient (Wildman–Crippen LogP) is 2.69. The quantitative estimate of drug-likeness (QED) is 0.484. The summed E-state index contributed by atoms with van der Waals surface area (Å²) in [6.45, 7) is 3.86. The smallest absolute Gasteiger partial charge is 0.321 e. The van der Waals surface area contributed by atoms with Gasteiger partial charge in [-0.05, 0) is 37.4 Å². The lowest BCUT2D eigenvalue weighted by Crippen LogP contribution is -2.51. The maximum Gasteiger partial charge on any atom is 0.321 e. The number of sulfone groups is 1. The van der Waals surface area contributed by atoms with Crippen molar-refractivity contribution in [1.82, 2.24) is 25.0 Å². The minimum atomic E-state index is -3.45. The lowest BCUT2D eigenvalue weighted by molar-refractivity contribution is 0.116. The summed E-state index contributed by atoms with van der Waals surface area (Å²) in [5, 5.41) is 8.96. The first kappa shape index (κ1) is 26.9. The molecule has 0 saturated carbocycles. The van der Waals surface area contributed by atoms with Crippen LogP contribution >= 0.6 is 0 Å². The van der Waals surface area contributed by atoms with Gasteiger partial charge in [0, 0.05) is 69.0 Å². The van der Waals surface area contributed by atoms with E-state index < -0.39 is 27.4 Å². The minimum absolute atomic E-state index is 0.0250. The highest BCUT2D eigenvalue weighted by Crippen LogP contribution is 2.25. The Morgan fingerprint density at radius 2 is 1.92 bits per heavy atom. The minimum Gasteiger partial charge on any atom is -0.415 e.